The second kappa shape index (κ2) is 7.04. The van der Waals surface area contributed by atoms with E-state index in [1.54, 1.807) is 11.8 Å². The summed E-state index contributed by atoms with van der Waals surface area (Å²) in [6, 6.07) is 2.60. The number of aromatic nitrogens is 2. The summed E-state index contributed by atoms with van der Waals surface area (Å²) >= 11 is 0. The van der Waals surface area contributed by atoms with Crippen LogP contribution < -0.4 is 5.32 Å². The Kier molecular flexibility index (Phi) is 5.36. The van der Waals surface area contributed by atoms with Crippen LogP contribution in [0.25, 0.3) is 0 Å². The summed E-state index contributed by atoms with van der Waals surface area (Å²) in [4.78, 5) is 14.7. The Morgan fingerprint density at radius 3 is 2.76 bits per heavy atom. The highest BCUT2D eigenvalue weighted by Gasteiger charge is 2.34. The van der Waals surface area contributed by atoms with Gasteiger partial charge in [-0.05, 0) is 33.6 Å². The summed E-state index contributed by atoms with van der Waals surface area (Å²) in [7, 11) is 1.66. The van der Waals surface area contributed by atoms with Crippen LogP contribution in [0.15, 0.2) is 12.3 Å². The number of ether oxygens (including phenoxy) is 1. The summed E-state index contributed by atoms with van der Waals surface area (Å²) in [6.45, 7) is 7.63. The van der Waals surface area contributed by atoms with Crippen LogP contribution in [-0.2, 0) is 16.1 Å². The van der Waals surface area contributed by atoms with Crippen LogP contribution in [0.4, 0.5) is 5.82 Å². The third-order valence-electron chi connectivity index (χ3n) is 4.26. The van der Waals surface area contributed by atoms with E-state index < -0.39 is 0 Å². The number of hydrogen-bond donors (Lipinski definition) is 1. The zero-order valence-electron chi connectivity index (χ0n) is 13.4. The molecule has 3 unspecified atom stereocenters. The molecule has 1 saturated heterocycles. The van der Waals surface area contributed by atoms with Gasteiger partial charge in [-0.3, -0.25) is 14.4 Å². The molecule has 1 aliphatic rings. The predicted octanol–water partition coefficient (Wildman–Crippen LogP) is 1.73. The Hall–Kier alpha value is -1.40. The maximum absolute atomic E-state index is 12.4. The standard InChI is InChI=1S/C15H26N4O2/c1-11-5-6-12(2)19(11)13(3)15(20)16-14-7-8-18(17-14)9-10-21-4/h7-8,11-13H,5-6,9-10H2,1-4H3,(H,16,17,20). The van der Waals surface area contributed by atoms with Gasteiger partial charge >= 0.3 is 0 Å². The fourth-order valence-corrected chi connectivity index (χ4v) is 3.08. The molecule has 1 N–H and O–H groups in total. The normalized spacial score (nSPS) is 24.2. The molecule has 0 saturated carbocycles. The van der Waals surface area contributed by atoms with E-state index in [4.69, 9.17) is 4.74 Å². The van der Waals surface area contributed by atoms with Gasteiger partial charge in [0.15, 0.2) is 5.82 Å². The number of likely N-dealkylation sites (tertiary alicyclic amines) is 1. The van der Waals surface area contributed by atoms with Gasteiger partial charge in [0.25, 0.3) is 0 Å². The highest BCUT2D eigenvalue weighted by molar-refractivity contribution is 5.93. The fourth-order valence-electron chi connectivity index (χ4n) is 3.08. The van der Waals surface area contributed by atoms with Crippen LogP contribution in [0, 0.1) is 0 Å². The average Bonchev–Trinajstić information content (AvgIpc) is 3.03. The minimum Gasteiger partial charge on any atom is -0.383 e. The molecule has 3 atom stereocenters. The van der Waals surface area contributed by atoms with Crippen LogP contribution in [0.5, 0.6) is 0 Å². The lowest BCUT2D eigenvalue weighted by Crippen LogP contribution is -2.46. The maximum Gasteiger partial charge on any atom is 0.242 e. The van der Waals surface area contributed by atoms with Crippen molar-refractivity contribution < 1.29 is 9.53 Å². The van der Waals surface area contributed by atoms with E-state index in [-0.39, 0.29) is 11.9 Å². The third-order valence-corrected chi connectivity index (χ3v) is 4.26. The molecule has 0 radical (unpaired) electrons. The van der Waals surface area contributed by atoms with Gasteiger partial charge in [-0.25, -0.2) is 0 Å². The van der Waals surface area contributed by atoms with Crippen molar-refractivity contribution in [2.45, 2.75) is 58.3 Å². The minimum absolute atomic E-state index is 0.00703. The number of anilines is 1. The van der Waals surface area contributed by atoms with E-state index in [9.17, 15) is 4.79 Å². The lowest BCUT2D eigenvalue weighted by Gasteiger charge is -2.31. The molecule has 0 spiro atoms. The Bertz CT molecular complexity index is 464. The fraction of sp³-hybridized carbons (Fsp3) is 0.733. The van der Waals surface area contributed by atoms with E-state index >= 15 is 0 Å². The first kappa shape index (κ1) is 16.0. The Balaban J connectivity index is 1.92. The van der Waals surface area contributed by atoms with E-state index in [1.807, 2.05) is 19.2 Å². The number of rotatable bonds is 6. The zero-order valence-corrected chi connectivity index (χ0v) is 13.4. The SMILES string of the molecule is COCCn1ccc(NC(=O)C(C)N2C(C)CCC2C)n1. The zero-order chi connectivity index (χ0) is 15.4. The summed E-state index contributed by atoms with van der Waals surface area (Å²) in [5.74, 6) is 0.607. The number of nitrogens with zero attached hydrogens (tertiary/aromatic N) is 3. The molecule has 6 nitrogen and oxygen atoms in total. The van der Waals surface area contributed by atoms with Crippen LogP contribution in [0.1, 0.15) is 33.6 Å². The first-order valence-electron chi connectivity index (χ1n) is 7.63. The summed E-state index contributed by atoms with van der Waals surface area (Å²) in [5.41, 5.74) is 0. The molecule has 21 heavy (non-hydrogen) atoms. The van der Waals surface area contributed by atoms with Gasteiger partial charge in [0.2, 0.25) is 5.91 Å². The molecule has 0 aromatic carbocycles. The summed E-state index contributed by atoms with van der Waals surface area (Å²) < 4.78 is 6.78. The van der Waals surface area contributed by atoms with E-state index in [0.717, 1.165) is 12.8 Å². The van der Waals surface area contributed by atoms with Gasteiger partial charge in [-0.15, -0.1) is 0 Å². The van der Waals surface area contributed by atoms with Crippen molar-refractivity contribution in [3.63, 3.8) is 0 Å². The van der Waals surface area contributed by atoms with Gasteiger partial charge in [-0.2, -0.15) is 5.10 Å². The highest BCUT2D eigenvalue weighted by Crippen LogP contribution is 2.26. The van der Waals surface area contributed by atoms with Crippen molar-refractivity contribution in [3.05, 3.63) is 12.3 Å². The largest absolute Gasteiger partial charge is 0.383 e. The number of carbonyl (C=O) groups excluding carboxylic acids is 1. The van der Waals surface area contributed by atoms with Gasteiger partial charge < -0.3 is 10.1 Å². The molecular formula is C15H26N4O2. The van der Waals surface area contributed by atoms with Crippen molar-refractivity contribution in [1.82, 2.24) is 14.7 Å². The molecule has 1 amide bonds. The number of amides is 1. The topological polar surface area (TPSA) is 59.4 Å². The van der Waals surface area contributed by atoms with Gasteiger partial charge in [0, 0.05) is 31.5 Å². The molecule has 1 fully saturated rings. The smallest absolute Gasteiger partial charge is 0.242 e. The van der Waals surface area contributed by atoms with E-state index in [1.165, 1.54) is 0 Å². The van der Waals surface area contributed by atoms with Crippen LogP contribution in [0.3, 0.4) is 0 Å². The van der Waals surface area contributed by atoms with Crippen molar-refractivity contribution in [3.8, 4) is 0 Å². The molecular weight excluding hydrogens is 268 g/mol. The second-order valence-corrected chi connectivity index (χ2v) is 5.84. The Labute approximate surface area is 126 Å². The quantitative estimate of drug-likeness (QED) is 0.868. The van der Waals surface area contributed by atoms with E-state index in [2.05, 4.69) is 29.2 Å². The van der Waals surface area contributed by atoms with Crippen LogP contribution >= 0.6 is 0 Å². The van der Waals surface area contributed by atoms with Crippen molar-refractivity contribution >= 4 is 11.7 Å². The van der Waals surface area contributed by atoms with Gasteiger partial charge in [0.1, 0.15) is 0 Å². The molecule has 2 heterocycles. The van der Waals surface area contributed by atoms with Gasteiger partial charge in [0.05, 0.1) is 19.2 Å². The first-order valence-corrected chi connectivity index (χ1v) is 7.63. The molecule has 0 aliphatic carbocycles. The monoisotopic (exact) mass is 294 g/mol. The molecule has 118 valence electrons. The van der Waals surface area contributed by atoms with Crippen molar-refractivity contribution in [2.75, 3.05) is 19.0 Å². The Morgan fingerprint density at radius 1 is 1.48 bits per heavy atom. The average molecular weight is 294 g/mol. The number of nitrogens with one attached hydrogen (secondary N) is 1. The van der Waals surface area contributed by atoms with Crippen molar-refractivity contribution in [1.29, 1.82) is 0 Å². The lowest BCUT2D eigenvalue weighted by atomic mass is 10.2. The molecule has 1 aromatic rings. The molecule has 6 heteroatoms. The second-order valence-electron chi connectivity index (χ2n) is 5.84. The minimum atomic E-state index is -0.137. The maximum atomic E-state index is 12.4. The molecule has 2 rings (SSSR count). The summed E-state index contributed by atoms with van der Waals surface area (Å²) in [6.07, 6.45) is 4.16. The number of hydrogen-bond acceptors (Lipinski definition) is 4. The summed E-state index contributed by atoms with van der Waals surface area (Å²) in [5, 5.41) is 7.22. The highest BCUT2D eigenvalue weighted by atomic mass is 16.5. The lowest BCUT2D eigenvalue weighted by molar-refractivity contribution is -0.121. The first-order chi connectivity index (χ1) is 10.0. The molecule has 1 aromatic heterocycles. The predicted molar refractivity (Wildman–Crippen MR) is 82.2 cm³/mol. The van der Waals surface area contributed by atoms with E-state index in [0.29, 0.717) is 31.1 Å². The Morgan fingerprint density at radius 2 is 2.14 bits per heavy atom. The number of methoxy groups -OCH3 is 1. The van der Waals surface area contributed by atoms with Gasteiger partial charge in [-0.1, -0.05) is 0 Å². The molecule has 0 bridgehead atoms. The third kappa shape index (κ3) is 3.83. The molecule has 1 aliphatic heterocycles. The number of carbonyl (C=O) groups is 1. The van der Waals surface area contributed by atoms with Crippen LogP contribution in [0.2, 0.25) is 0 Å². The van der Waals surface area contributed by atoms with Crippen molar-refractivity contribution in [2.24, 2.45) is 0 Å². The van der Waals surface area contributed by atoms with Crippen LogP contribution in [-0.4, -0.2) is 52.4 Å².